The molecule has 8 heteroatoms. The number of aliphatic hydroxyl groups is 1. The summed E-state index contributed by atoms with van der Waals surface area (Å²) >= 11 is 1.26. The molecule has 1 aromatic carbocycles. The van der Waals surface area contributed by atoms with Gasteiger partial charge in [-0.15, -0.1) is 10.2 Å². The average Bonchev–Trinajstić information content (AvgIpc) is 2.99. The summed E-state index contributed by atoms with van der Waals surface area (Å²) in [6.07, 6.45) is -0.159. The van der Waals surface area contributed by atoms with Crippen LogP contribution in [0.15, 0.2) is 30.3 Å². The van der Waals surface area contributed by atoms with Crippen molar-refractivity contribution in [2.24, 2.45) is 0 Å². The number of rotatable bonds is 7. The normalized spacial score (nSPS) is 13.1. The quantitative estimate of drug-likeness (QED) is 0.708. The van der Waals surface area contributed by atoms with Crippen molar-refractivity contribution in [2.45, 2.75) is 38.8 Å². The molecule has 7 nitrogen and oxygen atoms in total. The molecule has 0 radical (unpaired) electrons. The predicted molar refractivity (Wildman–Crippen MR) is 91.5 cm³/mol. The van der Waals surface area contributed by atoms with Crippen molar-refractivity contribution in [1.82, 2.24) is 15.5 Å². The first-order valence-electron chi connectivity index (χ1n) is 7.65. The summed E-state index contributed by atoms with van der Waals surface area (Å²) in [4.78, 5) is 24.6. The number of hydrogen-bond donors (Lipinski definition) is 3. The van der Waals surface area contributed by atoms with Crippen molar-refractivity contribution in [1.29, 1.82) is 0 Å². The highest BCUT2D eigenvalue weighted by molar-refractivity contribution is 7.15. The molecular formula is C16H20N4O3S. The first-order chi connectivity index (χ1) is 11.5. The van der Waals surface area contributed by atoms with E-state index in [4.69, 9.17) is 0 Å². The van der Waals surface area contributed by atoms with Crippen LogP contribution < -0.4 is 10.6 Å². The fourth-order valence-electron chi connectivity index (χ4n) is 2.13. The van der Waals surface area contributed by atoms with E-state index >= 15 is 0 Å². The fourth-order valence-corrected chi connectivity index (χ4v) is 2.73. The number of nitrogens with zero attached hydrogens (tertiary/aromatic N) is 2. The maximum Gasteiger partial charge on any atom is 0.254 e. The van der Waals surface area contributed by atoms with E-state index in [2.05, 4.69) is 20.8 Å². The van der Waals surface area contributed by atoms with Crippen molar-refractivity contribution in [3.05, 3.63) is 40.9 Å². The Morgan fingerprint density at radius 3 is 2.50 bits per heavy atom. The van der Waals surface area contributed by atoms with Gasteiger partial charge in [0.2, 0.25) is 11.0 Å². The number of amides is 2. The lowest BCUT2D eigenvalue weighted by molar-refractivity contribution is -0.133. The van der Waals surface area contributed by atoms with E-state index in [0.29, 0.717) is 23.5 Å². The molecule has 0 bridgehead atoms. The monoisotopic (exact) mass is 348 g/mol. The highest BCUT2D eigenvalue weighted by atomic mass is 32.1. The molecule has 1 aromatic heterocycles. The summed E-state index contributed by atoms with van der Waals surface area (Å²) in [5.74, 6) is -0.982. The third-order valence-corrected chi connectivity index (χ3v) is 4.08. The van der Waals surface area contributed by atoms with Crippen molar-refractivity contribution < 1.29 is 14.7 Å². The van der Waals surface area contributed by atoms with Crippen LogP contribution in [0.3, 0.4) is 0 Å². The van der Waals surface area contributed by atoms with E-state index in [1.807, 2.05) is 6.92 Å². The zero-order valence-electron chi connectivity index (χ0n) is 13.5. The second-order valence-corrected chi connectivity index (χ2v) is 6.46. The average molecular weight is 348 g/mol. The molecule has 0 spiro atoms. The van der Waals surface area contributed by atoms with Crippen LogP contribution in [-0.2, 0) is 9.59 Å². The van der Waals surface area contributed by atoms with Gasteiger partial charge in [-0.3, -0.25) is 14.9 Å². The van der Waals surface area contributed by atoms with Crippen LogP contribution in [0.2, 0.25) is 0 Å². The maximum absolute atomic E-state index is 12.3. The Bertz CT molecular complexity index is 690. The van der Waals surface area contributed by atoms with E-state index in [-0.39, 0.29) is 5.91 Å². The van der Waals surface area contributed by atoms with Crippen molar-refractivity contribution in [3.63, 3.8) is 0 Å². The molecule has 2 atom stereocenters. The third kappa shape index (κ3) is 4.84. The number of benzene rings is 1. The second-order valence-electron chi connectivity index (χ2n) is 5.28. The molecule has 0 saturated heterocycles. The lowest BCUT2D eigenvalue weighted by atomic mass is 10.1. The van der Waals surface area contributed by atoms with Gasteiger partial charge in [-0.05, 0) is 18.9 Å². The van der Waals surface area contributed by atoms with E-state index in [1.165, 1.54) is 11.3 Å². The summed E-state index contributed by atoms with van der Waals surface area (Å²) in [5, 5.41) is 24.1. The van der Waals surface area contributed by atoms with Crippen LogP contribution in [0.25, 0.3) is 0 Å². The number of aryl methyl sites for hydroxylation is 1. The first kappa shape index (κ1) is 18.0. The molecule has 24 heavy (non-hydrogen) atoms. The van der Waals surface area contributed by atoms with Crippen molar-refractivity contribution in [3.8, 4) is 0 Å². The van der Waals surface area contributed by atoms with E-state index < -0.39 is 18.1 Å². The van der Waals surface area contributed by atoms with Crippen LogP contribution in [0.1, 0.15) is 36.4 Å². The molecule has 2 amide bonds. The molecule has 1 heterocycles. The highest BCUT2D eigenvalue weighted by Crippen LogP contribution is 2.16. The smallest absolute Gasteiger partial charge is 0.254 e. The molecule has 3 N–H and O–H groups in total. The van der Waals surface area contributed by atoms with E-state index in [1.54, 1.807) is 37.3 Å². The van der Waals surface area contributed by atoms with Gasteiger partial charge in [-0.2, -0.15) is 0 Å². The SMILES string of the molecule is CCC[C@H](NC(=O)[C@H](O)c1ccccc1)C(=O)Nc1nnc(C)s1. The first-order valence-corrected chi connectivity index (χ1v) is 8.47. The fraction of sp³-hybridized carbons (Fsp3) is 0.375. The molecule has 0 unspecified atom stereocenters. The van der Waals surface area contributed by atoms with Gasteiger partial charge in [-0.1, -0.05) is 55.0 Å². The zero-order chi connectivity index (χ0) is 17.5. The minimum absolute atomic E-state index is 0.374. The molecule has 0 aliphatic carbocycles. The Kier molecular flexibility index (Phi) is 6.39. The minimum atomic E-state index is -1.32. The van der Waals surface area contributed by atoms with Crippen LogP contribution in [0.4, 0.5) is 5.13 Å². The largest absolute Gasteiger partial charge is 0.378 e. The molecule has 0 aliphatic heterocycles. The number of anilines is 1. The van der Waals surface area contributed by atoms with Gasteiger partial charge < -0.3 is 10.4 Å². The van der Waals surface area contributed by atoms with Crippen LogP contribution in [0, 0.1) is 6.92 Å². The Morgan fingerprint density at radius 2 is 1.92 bits per heavy atom. The number of aliphatic hydroxyl groups excluding tert-OH is 1. The van der Waals surface area contributed by atoms with Gasteiger partial charge in [-0.25, -0.2) is 0 Å². The maximum atomic E-state index is 12.3. The second kappa shape index (κ2) is 8.51. The third-order valence-electron chi connectivity index (χ3n) is 3.33. The van der Waals surface area contributed by atoms with Gasteiger partial charge >= 0.3 is 0 Å². The molecule has 2 aromatic rings. The number of aromatic nitrogens is 2. The number of nitrogens with one attached hydrogen (secondary N) is 2. The standard InChI is InChI=1S/C16H20N4O3S/c1-3-7-12(14(22)18-16-20-19-10(2)24-16)17-15(23)13(21)11-8-5-4-6-9-11/h4-6,8-9,12-13,21H,3,7H2,1-2H3,(H,17,23)(H,18,20,22)/t12-,13+/m0/s1. The van der Waals surface area contributed by atoms with E-state index in [0.717, 1.165) is 5.01 Å². The minimum Gasteiger partial charge on any atom is -0.378 e. The molecule has 0 saturated carbocycles. The number of hydrogen-bond acceptors (Lipinski definition) is 6. The summed E-state index contributed by atoms with van der Waals surface area (Å²) in [6.45, 7) is 3.70. The predicted octanol–water partition coefficient (Wildman–Crippen LogP) is 1.80. The Labute approximate surface area is 144 Å². The molecule has 2 rings (SSSR count). The Hall–Kier alpha value is -2.32. The number of carbonyl (C=O) groups is 2. The molecule has 0 fully saturated rings. The lowest BCUT2D eigenvalue weighted by Crippen LogP contribution is -2.45. The molecular weight excluding hydrogens is 328 g/mol. The highest BCUT2D eigenvalue weighted by Gasteiger charge is 2.25. The van der Waals surface area contributed by atoms with Crippen molar-refractivity contribution in [2.75, 3.05) is 5.32 Å². The summed E-state index contributed by atoms with van der Waals surface area (Å²) in [7, 11) is 0. The van der Waals surface area contributed by atoms with Gasteiger partial charge in [0.05, 0.1) is 0 Å². The molecule has 128 valence electrons. The van der Waals surface area contributed by atoms with Gasteiger partial charge in [0.25, 0.3) is 5.91 Å². The summed E-state index contributed by atoms with van der Waals surface area (Å²) < 4.78 is 0. The Morgan fingerprint density at radius 1 is 1.21 bits per heavy atom. The van der Waals surface area contributed by atoms with Crippen LogP contribution in [0.5, 0.6) is 0 Å². The summed E-state index contributed by atoms with van der Waals surface area (Å²) in [5.41, 5.74) is 0.477. The van der Waals surface area contributed by atoms with Gasteiger partial charge in [0.15, 0.2) is 6.10 Å². The van der Waals surface area contributed by atoms with Gasteiger partial charge in [0.1, 0.15) is 11.0 Å². The molecule has 0 aliphatic rings. The zero-order valence-corrected chi connectivity index (χ0v) is 14.3. The topological polar surface area (TPSA) is 104 Å². The summed E-state index contributed by atoms with van der Waals surface area (Å²) in [6, 6.07) is 7.84. The van der Waals surface area contributed by atoms with Crippen molar-refractivity contribution >= 4 is 28.3 Å². The lowest BCUT2D eigenvalue weighted by Gasteiger charge is -2.19. The Balaban J connectivity index is 2.01. The number of carbonyl (C=O) groups excluding carboxylic acids is 2. The van der Waals surface area contributed by atoms with E-state index in [9.17, 15) is 14.7 Å². The van der Waals surface area contributed by atoms with Crippen LogP contribution in [-0.4, -0.2) is 33.2 Å². The van der Waals surface area contributed by atoms with Crippen LogP contribution >= 0.6 is 11.3 Å². The van der Waals surface area contributed by atoms with Gasteiger partial charge in [0, 0.05) is 0 Å².